The Morgan fingerprint density at radius 2 is 1.54 bits per heavy atom. The maximum absolute atomic E-state index is 13.0. The van der Waals surface area contributed by atoms with Crippen molar-refractivity contribution in [1.29, 1.82) is 0 Å². The van der Waals surface area contributed by atoms with Gasteiger partial charge in [-0.25, -0.2) is 8.42 Å². The predicted molar refractivity (Wildman–Crippen MR) is 108 cm³/mol. The molecule has 0 unspecified atom stereocenters. The fourth-order valence-electron chi connectivity index (χ4n) is 3.27. The summed E-state index contributed by atoms with van der Waals surface area (Å²) >= 11 is 0. The summed E-state index contributed by atoms with van der Waals surface area (Å²) in [6.07, 6.45) is 3.65. The van der Waals surface area contributed by atoms with E-state index >= 15 is 0 Å². The highest BCUT2D eigenvalue weighted by Gasteiger charge is 2.26. The van der Waals surface area contributed by atoms with Gasteiger partial charge in [-0.3, -0.25) is 0 Å². The van der Waals surface area contributed by atoms with Crippen LogP contribution in [0.2, 0.25) is 0 Å². The van der Waals surface area contributed by atoms with Crippen molar-refractivity contribution >= 4 is 15.6 Å². The van der Waals surface area contributed by atoms with Gasteiger partial charge in [0.25, 0.3) is 0 Å². The SMILES string of the molecule is CC(C)(C)c1ccc(S(=O)(=O)N2CCC=C(c3ccccc3)CC2)cc1. The lowest BCUT2D eigenvalue weighted by Crippen LogP contribution is -2.32. The molecule has 0 bridgehead atoms. The minimum absolute atomic E-state index is 0.0133. The van der Waals surface area contributed by atoms with E-state index < -0.39 is 10.0 Å². The van der Waals surface area contributed by atoms with Gasteiger partial charge in [0.2, 0.25) is 10.0 Å². The first-order valence-corrected chi connectivity index (χ1v) is 10.6. The molecule has 2 aromatic rings. The fraction of sp³-hybridized carbons (Fsp3) is 0.364. The second-order valence-electron chi connectivity index (χ2n) is 7.81. The van der Waals surface area contributed by atoms with E-state index in [1.54, 1.807) is 16.4 Å². The highest BCUT2D eigenvalue weighted by atomic mass is 32.2. The number of hydrogen-bond donors (Lipinski definition) is 0. The first-order chi connectivity index (χ1) is 12.3. The molecule has 0 fully saturated rings. The third-order valence-corrected chi connectivity index (χ3v) is 6.82. The predicted octanol–water partition coefficient (Wildman–Crippen LogP) is 4.85. The average molecular weight is 370 g/mol. The van der Waals surface area contributed by atoms with E-state index in [2.05, 4.69) is 39.0 Å². The fourth-order valence-corrected chi connectivity index (χ4v) is 4.73. The first kappa shape index (κ1) is 18.9. The van der Waals surface area contributed by atoms with Crippen LogP contribution in [0.15, 0.2) is 65.6 Å². The molecule has 0 atom stereocenters. The molecule has 0 radical (unpaired) electrons. The Kier molecular flexibility index (Phi) is 5.35. The van der Waals surface area contributed by atoms with E-state index in [0.29, 0.717) is 18.0 Å². The van der Waals surface area contributed by atoms with Crippen LogP contribution < -0.4 is 0 Å². The van der Waals surface area contributed by atoms with Gasteiger partial charge in [-0.15, -0.1) is 0 Å². The zero-order valence-electron chi connectivity index (χ0n) is 15.8. The molecule has 0 saturated carbocycles. The van der Waals surface area contributed by atoms with Gasteiger partial charge in [-0.1, -0.05) is 69.3 Å². The van der Waals surface area contributed by atoms with E-state index in [-0.39, 0.29) is 5.41 Å². The van der Waals surface area contributed by atoms with Gasteiger partial charge in [-0.05, 0) is 47.1 Å². The third-order valence-electron chi connectivity index (χ3n) is 4.90. The Bertz CT molecular complexity index is 876. The minimum atomic E-state index is -3.45. The van der Waals surface area contributed by atoms with Crippen LogP contribution in [0, 0.1) is 0 Å². The molecule has 0 spiro atoms. The summed E-state index contributed by atoms with van der Waals surface area (Å²) in [7, 11) is -3.45. The molecule has 26 heavy (non-hydrogen) atoms. The normalized spacial score (nSPS) is 16.8. The zero-order valence-corrected chi connectivity index (χ0v) is 16.6. The Morgan fingerprint density at radius 3 is 2.15 bits per heavy atom. The summed E-state index contributed by atoms with van der Waals surface area (Å²) in [5.41, 5.74) is 3.56. The Morgan fingerprint density at radius 1 is 0.885 bits per heavy atom. The smallest absolute Gasteiger partial charge is 0.207 e. The number of nitrogens with zero attached hydrogens (tertiary/aromatic N) is 1. The molecule has 138 valence electrons. The van der Waals surface area contributed by atoms with Crippen molar-refractivity contribution in [3.63, 3.8) is 0 Å². The van der Waals surface area contributed by atoms with Gasteiger partial charge in [0.1, 0.15) is 0 Å². The van der Waals surface area contributed by atoms with Gasteiger partial charge in [-0.2, -0.15) is 4.31 Å². The van der Waals surface area contributed by atoms with Gasteiger partial charge in [0.15, 0.2) is 0 Å². The molecule has 1 heterocycles. The number of benzene rings is 2. The zero-order chi connectivity index (χ0) is 18.8. The molecular formula is C22H27NO2S. The van der Waals surface area contributed by atoms with Crippen molar-refractivity contribution in [2.75, 3.05) is 13.1 Å². The van der Waals surface area contributed by atoms with Crippen molar-refractivity contribution in [3.8, 4) is 0 Å². The van der Waals surface area contributed by atoms with Gasteiger partial charge < -0.3 is 0 Å². The van der Waals surface area contributed by atoms with E-state index in [0.717, 1.165) is 18.4 Å². The second kappa shape index (κ2) is 7.37. The third kappa shape index (κ3) is 4.08. The molecule has 1 aliphatic heterocycles. The molecule has 4 heteroatoms. The first-order valence-electron chi connectivity index (χ1n) is 9.14. The van der Waals surface area contributed by atoms with Crippen LogP contribution in [0.1, 0.15) is 44.7 Å². The van der Waals surface area contributed by atoms with Gasteiger partial charge >= 0.3 is 0 Å². The van der Waals surface area contributed by atoms with E-state index in [1.165, 1.54) is 11.1 Å². The number of sulfonamides is 1. The average Bonchev–Trinajstić information content (AvgIpc) is 2.88. The molecule has 1 aliphatic rings. The lowest BCUT2D eigenvalue weighted by atomic mass is 9.87. The molecule has 2 aromatic carbocycles. The highest BCUT2D eigenvalue weighted by molar-refractivity contribution is 7.89. The van der Waals surface area contributed by atoms with Crippen LogP contribution in [0.3, 0.4) is 0 Å². The van der Waals surface area contributed by atoms with Crippen molar-refractivity contribution in [2.24, 2.45) is 0 Å². The monoisotopic (exact) mass is 369 g/mol. The van der Waals surface area contributed by atoms with Crippen molar-refractivity contribution in [2.45, 2.75) is 43.9 Å². The molecule has 0 amide bonds. The van der Waals surface area contributed by atoms with Crippen molar-refractivity contribution < 1.29 is 8.42 Å². The van der Waals surface area contributed by atoms with Gasteiger partial charge in [0, 0.05) is 13.1 Å². The standard InChI is InChI=1S/C22H27NO2S/c1-22(2,3)20-11-13-21(14-12-20)26(24,25)23-16-7-10-19(15-17-23)18-8-5-4-6-9-18/h4-6,8-14H,7,15-17H2,1-3H3. The summed E-state index contributed by atoms with van der Waals surface area (Å²) in [6, 6.07) is 17.6. The summed E-state index contributed by atoms with van der Waals surface area (Å²) in [5.74, 6) is 0. The second-order valence-corrected chi connectivity index (χ2v) is 9.75. The Balaban J connectivity index is 1.77. The molecular weight excluding hydrogens is 342 g/mol. The summed E-state index contributed by atoms with van der Waals surface area (Å²) < 4.78 is 27.7. The van der Waals surface area contributed by atoms with Crippen molar-refractivity contribution in [1.82, 2.24) is 4.31 Å². The van der Waals surface area contributed by atoms with Crippen LogP contribution in [0.4, 0.5) is 0 Å². The summed E-state index contributed by atoms with van der Waals surface area (Å²) in [4.78, 5) is 0.383. The molecule has 0 saturated heterocycles. The van der Waals surface area contributed by atoms with E-state index in [9.17, 15) is 8.42 Å². The van der Waals surface area contributed by atoms with Gasteiger partial charge in [0.05, 0.1) is 4.90 Å². The van der Waals surface area contributed by atoms with Crippen LogP contribution in [0.5, 0.6) is 0 Å². The molecule has 0 aliphatic carbocycles. The molecule has 3 nitrogen and oxygen atoms in total. The van der Waals surface area contributed by atoms with Crippen LogP contribution >= 0.6 is 0 Å². The number of rotatable bonds is 3. The minimum Gasteiger partial charge on any atom is -0.207 e. The summed E-state index contributed by atoms with van der Waals surface area (Å²) in [6.45, 7) is 7.43. The van der Waals surface area contributed by atoms with Crippen LogP contribution in [-0.2, 0) is 15.4 Å². The Hall–Kier alpha value is -1.91. The lowest BCUT2D eigenvalue weighted by Gasteiger charge is -2.22. The maximum Gasteiger partial charge on any atom is 0.243 e. The molecule has 0 aromatic heterocycles. The largest absolute Gasteiger partial charge is 0.243 e. The molecule has 3 rings (SSSR count). The van der Waals surface area contributed by atoms with E-state index in [4.69, 9.17) is 0 Å². The summed E-state index contributed by atoms with van der Waals surface area (Å²) in [5, 5.41) is 0. The molecule has 0 N–H and O–H groups in total. The highest BCUT2D eigenvalue weighted by Crippen LogP contribution is 2.27. The van der Waals surface area contributed by atoms with Crippen LogP contribution in [0.25, 0.3) is 5.57 Å². The topological polar surface area (TPSA) is 37.4 Å². The lowest BCUT2D eigenvalue weighted by molar-refractivity contribution is 0.429. The van der Waals surface area contributed by atoms with Crippen LogP contribution in [-0.4, -0.2) is 25.8 Å². The van der Waals surface area contributed by atoms with E-state index in [1.807, 2.05) is 30.3 Å². The Labute approximate surface area is 157 Å². The quantitative estimate of drug-likeness (QED) is 0.775. The number of hydrogen-bond acceptors (Lipinski definition) is 2. The maximum atomic E-state index is 13.0. The van der Waals surface area contributed by atoms with Crippen molar-refractivity contribution in [3.05, 3.63) is 71.8 Å².